The molecule has 0 aliphatic carbocycles. The Hall–Kier alpha value is -3.24. The van der Waals surface area contributed by atoms with Crippen LogP contribution in [0.1, 0.15) is 63.9 Å². The molecule has 1 saturated heterocycles. The summed E-state index contributed by atoms with van der Waals surface area (Å²) in [5.41, 5.74) is 16.3. The molecule has 0 radical (unpaired) electrons. The molecule has 4 heteroatoms. The zero-order valence-corrected chi connectivity index (χ0v) is 27.0. The minimum Gasteiger partial charge on any atom is -0.354 e. The van der Waals surface area contributed by atoms with E-state index in [4.69, 9.17) is 0 Å². The van der Waals surface area contributed by atoms with Crippen LogP contribution in [0.15, 0.2) is 48.8 Å². The molecule has 5 rings (SSSR count). The van der Waals surface area contributed by atoms with Crippen LogP contribution in [-0.2, 0) is 0 Å². The highest BCUT2D eigenvalue weighted by Crippen LogP contribution is 2.37. The van der Waals surface area contributed by atoms with Crippen LogP contribution >= 0.6 is 0 Å². The fourth-order valence-electron chi connectivity index (χ4n) is 7.01. The maximum absolute atomic E-state index is 2.52. The van der Waals surface area contributed by atoms with Crippen LogP contribution in [-0.4, -0.2) is 37.4 Å². The lowest BCUT2D eigenvalue weighted by Gasteiger charge is -2.33. The Kier molecular flexibility index (Phi) is 8.70. The predicted molar refractivity (Wildman–Crippen MR) is 175 cm³/mol. The van der Waals surface area contributed by atoms with Crippen molar-refractivity contribution in [1.29, 1.82) is 0 Å². The van der Waals surface area contributed by atoms with Gasteiger partial charge in [0, 0.05) is 42.6 Å². The van der Waals surface area contributed by atoms with Crippen LogP contribution in [0.3, 0.4) is 0 Å². The third-order valence-corrected chi connectivity index (χ3v) is 8.69. The number of nitrogens with zero attached hydrogens (tertiary/aromatic N) is 4. The van der Waals surface area contributed by atoms with E-state index in [1.54, 1.807) is 0 Å². The molecular formula is C36H50N4. The van der Waals surface area contributed by atoms with Gasteiger partial charge in [-0.2, -0.15) is 0 Å². The van der Waals surface area contributed by atoms with Crippen molar-refractivity contribution in [3.05, 3.63) is 98.9 Å². The largest absolute Gasteiger partial charge is 0.354 e. The summed E-state index contributed by atoms with van der Waals surface area (Å²) in [6, 6.07) is 13.7. The van der Waals surface area contributed by atoms with Gasteiger partial charge in [0.25, 0.3) is 0 Å². The van der Waals surface area contributed by atoms with Crippen molar-refractivity contribution in [3.8, 4) is 0 Å². The van der Waals surface area contributed by atoms with E-state index in [1.807, 2.05) is 0 Å². The summed E-state index contributed by atoms with van der Waals surface area (Å²) in [7, 11) is 2.20. The molecule has 2 heterocycles. The maximum atomic E-state index is 2.52. The fourth-order valence-corrected chi connectivity index (χ4v) is 7.01. The van der Waals surface area contributed by atoms with Gasteiger partial charge in [-0.3, -0.25) is 4.90 Å². The number of aryl methyl sites for hydroxylation is 9. The van der Waals surface area contributed by atoms with Gasteiger partial charge in [0.05, 0.1) is 6.17 Å². The number of hydrogen-bond donors (Lipinski definition) is 0. The molecule has 4 nitrogen and oxygen atoms in total. The highest BCUT2D eigenvalue weighted by atomic mass is 15.4. The highest BCUT2D eigenvalue weighted by Gasteiger charge is 2.29. The maximum Gasteiger partial charge on any atom is 0.107 e. The molecule has 0 N–H and O–H groups in total. The summed E-state index contributed by atoms with van der Waals surface area (Å²) < 4.78 is 0. The van der Waals surface area contributed by atoms with Crippen molar-refractivity contribution < 1.29 is 0 Å². The quantitative estimate of drug-likeness (QED) is 0.332. The Morgan fingerprint density at radius 3 is 1.10 bits per heavy atom. The number of hydrogen-bond acceptors (Lipinski definition) is 4. The third-order valence-electron chi connectivity index (χ3n) is 8.69. The van der Waals surface area contributed by atoms with Gasteiger partial charge in [-0.15, -0.1) is 0 Å². The van der Waals surface area contributed by atoms with Crippen LogP contribution in [0.4, 0.5) is 17.1 Å². The van der Waals surface area contributed by atoms with E-state index >= 15 is 0 Å². The molecule has 0 aromatic heterocycles. The van der Waals surface area contributed by atoms with Gasteiger partial charge >= 0.3 is 0 Å². The Labute approximate surface area is 243 Å². The summed E-state index contributed by atoms with van der Waals surface area (Å²) >= 11 is 0. The van der Waals surface area contributed by atoms with Crippen LogP contribution in [0, 0.1) is 62.3 Å². The van der Waals surface area contributed by atoms with E-state index in [0.29, 0.717) is 6.17 Å². The second-order valence-corrected chi connectivity index (χ2v) is 12.3. The lowest BCUT2D eigenvalue weighted by Crippen LogP contribution is -2.37. The van der Waals surface area contributed by atoms with E-state index in [9.17, 15) is 0 Å². The molecule has 214 valence electrons. The third kappa shape index (κ3) is 5.78. The Morgan fingerprint density at radius 2 is 0.800 bits per heavy atom. The number of anilines is 3. The summed E-state index contributed by atoms with van der Waals surface area (Å²) in [4.78, 5) is 9.70. The number of likely N-dealkylation sites (N-methyl/N-ethyl adjacent to an activating group) is 1. The van der Waals surface area contributed by atoms with Crippen molar-refractivity contribution in [3.63, 3.8) is 0 Å². The van der Waals surface area contributed by atoms with Gasteiger partial charge in [-0.25, -0.2) is 0 Å². The molecule has 1 fully saturated rings. The van der Waals surface area contributed by atoms with Crippen LogP contribution in [0.5, 0.6) is 0 Å². The summed E-state index contributed by atoms with van der Waals surface area (Å²) in [5.74, 6) is 0. The van der Waals surface area contributed by atoms with Crippen LogP contribution in [0.2, 0.25) is 0 Å². The van der Waals surface area contributed by atoms with E-state index in [-0.39, 0.29) is 6.17 Å². The zero-order chi connectivity index (χ0) is 29.5. The molecule has 0 bridgehead atoms. The van der Waals surface area contributed by atoms with E-state index in [1.165, 1.54) is 67.1 Å². The summed E-state index contributed by atoms with van der Waals surface area (Å²) in [6.07, 6.45) is 5.22. The molecule has 1 atom stereocenters. The summed E-state index contributed by atoms with van der Waals surface area (Å²) in [6.45, 7) is 26.6. The van der Waals surface area contributed by atoms with E-state index < -0.39 is 0 Å². The smallest absolute Gasteiger partial charge is 0.107 e. The van der Waals surface area contributed by atoms with Crippen LogP contribution < -0.4 is 14.7 Å². The van der Waals surface area contributed by atoms with Crippen molar-refractivity contribution in [2.75, 3.05) is 34.8 Å². The van der Waals surface area contributed by atoms with E-state index in [0.717, 1.165) is 13.1 Å². The van der Waals surface area contributed by atoms with Gasteiger partial charge in [-0.05, 0) is 117 Å². The second kappa shape index (κ2) is 11.7. The molecule has 0 spiro atoms. The Balaban J connectivity index is 0.000000201. The molecule has 1 unspecified atom stereocenters. The van der Waals surface area contributed by atoms with E-state index in [2.05, 4.69) is 152 Å². The first-order valence-electron chi connectivity index (χ1n) is 14.8. The van der Waals surface area contributed by atoms with Crippen LogP contribution in [0.25, 0.3) is 0 Å². The standard InChI is InChI=1S/C22H28N2.C14H22N2/c1-14-10-16(3)21(17(4)11-14)23-8-9-24(20(23)7)22-18(5)12-15(2)13-19(22)6;1-10-8-11(2)14(12(3)9-10)16-7-6-15(5)13(16)4/h8-13,20H,1-7H3;8-9,13H,6-7H2,1-5H3. The first kappa shape index (κ1) is 29.7. The topological polar surface area (TPSA) is 13.0 Å². The minimum absolute atomic E-state index is 0.269. The Bertz CT molecular complexity index is 1280. The van der Waals surface area contributed by atoms with Gasteiger partial charge < -0.3 is 14.7 Å². The van der Waals surface area contributed by atoms with Gasteiger partial charge in [0.15, 0.2) is 0 Å². The molecule has 0 saturated carbocycles. The molecule has 40 heavy (non-hydrogen) atoms. The normalized spacial score (nSPS) is 17.6. The zero-order valence-electron chi connectivity index (χ0n) is 27.0. The lowest BCUT2D eigenvalue weighted by molar-refractivity contribution is 0.331. The first-order chi connectivity index (χ1) is 18.8. The average molecular weight is 539 g/mol. The monoisotopic (exact) mass is 538 g/mol. The van der Waals surface area contributed by atoms with Crippen molar-refractivity contribution in [2.45, 2.75) is 88.5 Å². The molecule has 2 aliphatic heterocycles. The Morgan fingerprint density at radius 1 is 0.475 bits per heavy atom. The first-order valence-corrected chi connectivity index (χ1v) is 14.8. The molecule has 2 aliphatic rings. The second-order valence-electron chi connectivity index (χ2n) is 12.3. The molecule has 3 aromatic carbocycles. The predicted octanol–water partition coefficient (Wildman–Crippen LogP) is 8.39. The molecular weight excluding hydrogens is 488 g/mol. The van der Waals surface area contributed by atoms with Crippen molar-refractivity contribution in [1.82, 2.24) is 4.90 Å². The SMILES string of the molecule is Cc1cc(C)c(N2C=CN(c3c(C)cc(C)cc3C)C2C)c(C)c1.Cc1cc(C)c(N2CCN(C)C2C)c(C)c1. The van der Waals surface area contributed by atoms with Crippen molar-refractivity contribution in [2.24, 2.45) is 0 Å². The lowest BCUT2D eigenvalue weighted by atomic mass is 10.0. The number of rotatable bonds is 3. The highest BCUT2D eigenvalue weighted by molar-refractivity contribution is 5.70. The fraction of sp³-hybridized carbons (Fsp3) is 0.444. The molecule has 0 amide bonds. The molecule has 3 aromatic rings. The van der Waals surface area contributed by atoms with Gasteiger partial charge in [0.2, 0.25) is 0 Å². The summed E-state index contributed by atoms with van der Waals surface area (Å²) in [5, 5.41) is 0. The van der Waals surface area contributed by atoms with Crippen molar-refractivity contribution >= 4 is 17.1 Å². The average Bonchev–Trinajstić information content (AvgIpc) is 3.35. The van der Waals surface area contributed by atoms with Gasteiger partial charge in [0.1, 0.15) is 6.17 Å². The minimum atomic E-state index is 0.269. The van der Waals surface area contributed by atoms with Gasteiger partial charge in [-0.1, -0.05) is 53.1 Å². The number of benzene rings is 3.